The minimum absolute atomic E-state index is 0.464. The first-order valence-corrected chi connectivity index (χ1v) is 8.67. The molecule has 2 aromatic rings. The molecule has 0 amide bonds. The maximum atomic E-state index is 9.35. The number of hydrogen-bond acceptors (Lipinski definition) is 4. The number of pyridine rings is 1. The third-order valence-corrected chi connectivity index (χ3v) is 5.39. The lowest BCUT2D eigenvalue weighted by molar-refractivity contribution is 0.473. The lowest BCUT2D eigenvalue weighted by Gasteiger charge is -2.29. The van der Waals surface area contributed by atoms with E-state index in [0.29, 0.717) is 11.6 Å². The average molecular weight is 297 g/mol. The maximum absolute atomic E-state index is 9.35. The van der Waals surface area contributed by atoms with E-state index in [9.17, 15) is 5.26 Å². The molecule has 1 aromatic heterocycles. The minimum Gasteiger partial charge on any atom is -0.381 e. The fourth-order valence-electron chi connectivity index (χ4n) is 3.03. The highest BCUT2D eigenvalue weighted by Crippen LogP contribution is 2.32. The van der Waals surface area contributed by atoms with Crippen molar-refractivity contribution in [3.63, 3.8) is 0 Å². The first kappa shape index (κ1) is 14.2. The van der Waals surface area contributed by atoms with Crippen LogP contribution < -0.4 is 5.32 Å². The van der Waals surface area contributed by atoms with Crippen molar-refractivity contribution in [2.24, 2.45) is 0 Å². The van der Waals surface area contributed by atoms with E-state index in [4.69, 9.17) is 0 Å². The first-order chi connectivity index (χ1) is 10.3. The number of benzene rings is 1. The molecule has 1 N–H and O–H groups in total. The summed E-state index contributed by atoms with van der Waals surface area (Å²) in [6, 6.07) is 10.7. The van der Waals surface area contributed by atoms with Gasteiger partial charge in [-0.1, -0.05) is 18.2 Å². The van der Waals surface area contributed by atoms with Crippen LogP contribution in [0.15, 0.2) is 30.5 Å². The van der Waals surface area contributed by atoms with Gasteiger partial charge in [-0.25, -0.2) is 0 Å². The van der Waals surface area contributed by atoms with Crippen LogP contribution in [-0.4, -0.2) is 22.5 Å². The standard InChI is InChI=1S/C17H19N3S/c1-21-14-8-6-13(7-9-14)20-17-12(10-18)11-19-16-5-3-2-4-15(16)17/h2-5,11,13-14H,6-9H2,1H3,(H,19,20). The van der Waals surface area contributed by atoms with Crippen LogP contribution >= 0.6 is 11.8 Å². The van der Waals surface area contributed by atoms with Crippen molar-refractivity contribution < 1.29 is 0 Å². The number of rotatable bonds is 3. The van der Waals surface area contributed by atoms with Gasteiger partial charge in [0.1, 0.15) is 6.07 Å². The minimum atomic E-state index is 0.464. The third kappa shape index (κ3) is 2.98. The van der Waals surface area contributed by atoms with E-state index in [0.717, 1.165) is 21.8 Å². The highest BCUT2D eigenvalue weighted by molar-refractivity contribution is 7.99. The molecule has 0 saturated heterocycles. The number of nitriles is 1. The second kappa shape index (κ2) is 6.36. The smallest absolute Gasteiger partial charge is 0.103 e. The Kier molecular flexibility index (Phi) is 4.31. The summed E-state index contributed by atoms with van der Waals surface area (Å²) >= 11 is 1.97. The summed E-state index contributed by atoms with van der Waals surface area (Å²) < 4.78 is 0. The van der Waals surface area contributed by atoms with Crippen LogP contribution in [0.4, 0.5) is 5.69 Å². The SMILES string of the molecule is CSC1CCC(Nc2c(C#N)cnc3ccccc23)CC1. The largest absolute Gasteiger partial charge is 0.381 e. The summed E-state index contributed by atoms with van der Waals surface area (Å²) in [6.45, 7) is 0. The molecule has 1 aliphatic rings. The van der Waals surface area contributed by atoms with Crippen LogP contribution in [0.25, 0.3) is 10.9 Å². The van der Waals surface area contributed by atoms with Gasteiger partial charge in [-0.05, 0) is 38.0 Å². The number of para-hydroxylation sites is 1. The molecule has 108 valence electrons. The van der Waals surface area contributed by atoms with Gasteiger partial charge in [0.25, 0.3) is 0 Å². The number of nitrogens with zero attached hydrogens (tertiary/aromatic N) is 2. The van der Waals surface area contributed by atoms with E-state index >= 15 is 0 Å². The van der Waals surface area contributed by atoms with Gasteiger partial charge in [0.15, 0.2) is 0 Å². The topological polar surface area (TPSA) is 48.7 Å². The summed E-state index contributed by atoms with van der Waals surface area (Å²) in [5, 5.41) is 14.8. The number of anilines is 1. The van der Waals surface area contributed by atoms with Gasteiger partial charge in [-0.15, -0.1) is 0 Å². The van der Waals surface area contributed by atoms with Gasteiger partial charge in [0.2, 0.25) is 0 Å². The second-order valence-corrected chi connectivity index (χ2v) is 6.67. The molecule has 1 fully saturated rings. The van der Waals surface area contributed by atoms with Crippen molar-refractivity contribution in [2.45, 2.75) is 37.0 Å². The van der Waals surface area contributed by atoms with Crippen molar-refractivity contribution in [2.75, 3.05) is 11.6 Å². The highest BCUT2D eigenvalue weighted by Gasteiger charge is 2.21. The highest BCUT2D eigenvalue weighted by atomic mass is 32.2. The van der Waals surface area contributed by atoms with Crippen molar-refractivity contribution in [1.29, 1.82) is 5.26 Å². The van der Waals surface area contributed by atoms with Crippen molar-refractivity contribution in [1.82, 2.24) is 4.98 Å². The van der Waals surface area contributed by atoms with Crippen LogP contribution in [0.5, 0.6) is 0 Å². The Morgan fingerprint density at radius 2 is 2.00 bits per heavy atom. The van der Waals surface area contributed by atoms with Gasteiger partial charge in [0.05, 0.1) is 16.8 Å². The van der Waals surface area contributed by atoms with Crippen LogP contribution in [0.2, 0.25) is 0 Å². The number of thioether (sulfide) groups is 1. The lowest BCUT2D eigenvalue weighted by atomic mass is 9.94. The Labute approximate surface area is 129 Å². The van der Waals surface area contributed by atoms with E-state index in [1.54, 1.807) is 6.20 Å². The molecule has 0 unspecified atom stereocenters. The van der Waals surface area contributed by atoms with E-state index in [-0.39, 0.29) is 0 Å². The summed E-state index contributed by atoms with van der Waals surface area (Å²) in [7, 11) is 0. The quantitative estimate of drug-likeness (QED) is 0.922. The summed E-state index contributed by atoms with van der Waals surface area (Å²) in [6.07, 6.45) is 8.73. The van der Waals surface area contributed by atoms with Crippen LogP contribution in [0.1, 0.15) is 31.2 Å². The summed E-state index contributed by atoms with van der Waals surface area (Å²) in [4.78, 5) is 4.37. The molecule has 1 aliphatic carbocycles. The molecule has 1 aromatic carbocycles. The first-order valence-electron chi connectivity index (χ1n) is 7.39. The third-order valence-electron chi connectivity index (χ3n) is 4.25. The number of hydrogen-bond donors (Lipinski definition) is 1. The molecule has 0 spiro atoms. The average Bonchev–Trinajstić information content (AvgIpc) is 2.56. The van der Waals surface area contributed by atoms with Crippen LogP contribution in [0, 0.1) is 11.3 Å². The molecule has 3 nitrogen and oxygen atoms in total. The molecule has 0 atom stereocenters. The summed E-state index contributed by atoms with van der Waals surface area (Å²) in [5.74, 6) is 0. The van der Waals surface area contributed by atoms with Gasteiger partial charge in [-0.2, -0.15) is 17.0 Å². The zero-order valence-electron chi connectivity index (χ0n) is 12.2. The molecule has 3 rings (SSSR count). The van der Waals surface area contributed by atoms with Crippen LogP contribution in [0.3, 0.4) is 0 Å². The Bertz CT molecular complexity index is 669. The van der Waals surface area contributed by atoms with E-state index < -0.39 is 0 Å². The monoisotopic (exact) mass is 297 g/mol. The fourth-order valence-corrected chi connectivity index (χ4v) is 3.77. The molecule has 0 radical (unpaired) electrons. The fraction of sp³-hybridized carbons (Fsp3) is 0.412. The zero-order valence-corrected chi connectivity index (χ0v) is 13.0. The van der Waals surface area contributed by atoms with Gasteiger partial charge in [-0.3, -0.25) is 4.98 Å². The van der Waals surface area contributed by atoms with Crippen molar-refractivity contribution in [3.05, 3.63) is 36.0 Å². The van der Waals surface area contributed by atoms with E-state index in [1.165, 1.54) is 25.7 Å². The Balaban J connectivity index is 1.88. The predicted octanol–water partition coefficient (Wildman–Crippen LogP) is 4.19. The second-order valence-electron chi connectivity index (χ2n) is 5.53. The Morgan fingerprint density at radius 3 is 2.71 bits per heavy atom. The molecular weight excluding hydrogens is 278 g/mol. The van der Waals surface area contributed by atoms with Gasteiger partial charge < -0.3 is 5.32 Å². The van der Waals surface area contributed by atoms with Crippen molar-refractivity contribution in [3.8, 4) is 6.07 Å². The number of fused-ring (bicyclic) bond motifs is 1. The molecular formula is C17H19N3S. The normalized spacial score (nSPS) is 21.9. The lowest BCUT2D eigenvalue weighted by Crippen LogP contribution is -2.27. The molecule has 4 heteroatoms. The van der Waals surface area contributed by atoms with E-state index in [2.05, 4.69) is 22.6 Å². The Morgan fingerprint density at radius 1 is 1.24 bits per heavy atom. The Hall–Kier alpha value is -1.73. The van der Waals surface area contributed by atoms with Crippen molar-refractivity contribution >= 4 is 28.4 Å². The molecule has 1 saturated carbocycles. The van der Waals surface area contributed by atoms with Gasteiger partial charge >= 0.3 is 0 Å². The molecule has 0 aliphatic heterocycles. The predicted molar refractivity (Wildman–Crippen MR) is 89.6 cm³/mol. The summed E-state index contributed by atoms with van der Waals surface area (Å²) in [5.41, 5.74) is 2.54. The number of nitrogens with one attached hydrogen (secondary N) is 1. The zero-order chi connectivity index (χ0) is 14.7. The number of aromatic nitrogens is 1. The maximum Gasteiger partial charge on any atom is 0.103 e. The molecule has 21 heavy (non-hydrogen) atoms. The van der Waals surface area contributed by atoms with E-state index in [1.807, 2.05) is 36.0 Å². The molecule has 1 heterocycles. The van der Waals surface area contributed by atoms with Crippen LogP contribution in [-0.2, 0) is 0 Å². The molecule has 0 bridgehead atoms. The van der Waals surface area contributed by atoms with Gasteiger partial charge in [0, 0.05) is 22.9 Å².